The second kappa shape index (κ2) is 7.38. The number of hydrogen-bond donors (Lipinski definition) is 0. The van der Waals surface area contributed by atoms with E-state index in [9.17, 15) is 0 Å². The van der Waals surface area contributed by atoms with Gasteiger partial charge in [-0.3, -0.25) is 0 Å². The van der Waals surface area contributed by atoms with Gasteiger partial charge in [0.1, 0.15) is 0 Å². The number of aryl methyl sites for hydroxylation is 2. The number of furan rings is 1. The van der Waals surface area contributed by atoms with Crippen molar-refractivity contribution in [3.8, 4) is 22.4 Å². The van der Waals surface area contributed by atoms with Gasteiger partial charge in [-0.25, -0.2) is 0 Å². The van der Waals surface area contributed by atoms with Crippen LogP contribution >= 0.6 is 0 Å². The molecule has 0 atom stereocenters. The number of rotatable bonds is 3. The monoisotopic (exact) mass is 468 g/mol. The van der Waals surface area contributed by atoms with E-state index in [0.29, 0.717) is 0 Å². The molecule has 0 unspecified atom stereocenters. The molecule has 0 saturated carbocycles. The molecular weight excluding hydrogens is 439 g/mol. The fourth-order valence-corrected chi connectivity index (χ4v) is 6.83. The molecule has 3 heteroatoms. The van der Waals surface area contributed by atoms with Crippen molar-refractivity contribution in [3.63, 3.8) is 0 Å². The number of nitrogens with zero attached hydrogens (tertiary/aromatic N) is 1. The summed E-state index contributed by atoms with van der Waals surface area (Å²) in [5, 5.41) is 2.43. The number of aromatic nitrogens is 1. The van der Waals surface area contributed by atoms with Crippen LogP contribution in [0.15, 0.2) is 83.4 Å². The molecule has 2 heterocycles. The Balaban J connectivity index is 1.93. The molecule has 154 valence electrons. The zero-order valence-corrected chi connectivity index (χ0v) is 21.0. The predicted molar refractivity (Wildman–Crippen MR) is 133 cm³/mol. The zero-order valence-electron chi connectivity index (χ0n) is 18.9. The van der Waals surface area contributed by atoms with Crippen LogP contribution in [0.2, 0.25) is 17.3 Å². The van der Waals surface area contributed by atoms with E-state index in [-0.39, 0.29) is 0 Å². The Morgan fingerprint density at radius 3 is 2.23 bits per heavy atom. The van der Waals surface area contributed by atoms with Crippen molar-refractivity contribution in [2.45, 2.75) is 24.2 Å². The number of benzene rings is 3. The SMILES string of the molecule is Cc1ccc2c(oc3c(-c4ccccc4)c[c]([Ge]([CH3])([CH3])[CH3])cc32)c1-c1cccc[n+]1C. The van der Waals surface area contributed by atoms with E-state index < -0.39 is 13.3 Å². The van der Waals surface area contributed by atoms with Crippen molar-refractivity contribution in [3.05, 3.63) is 84.6 Å². The van der Waals surface area contributed by atoms with Crippen LogP contribution in [0.4, 0.5) is 0 Å². The number of hydrogen-bond acceptors (Lipinski definition) is 1. The van der Waals surface area contributed by atoms with Crippen LogP contribution in [0, 0.1) is 6.92 Å². The average Bonchev–Trinajstić information content (AvgIpc) is 3.12. The Hall–Kier alpha value is -2.85. The summed E-state index contributed by atoms with van der Waals surface area (Å²) in [7, 11) is 2.09. The van der Waals surface area contributed by atoms with Gasteiger partial charge < -0.3 is 0 Å². The Labute approximate surface area is 186 Å². The fraction of sp³-hybridized carbons (Fsp3) is 0.179. The van der Waals surface area contributed by atoms with Gasteiger partial charge in [-0.05, 0) is 0 Å². The second-order valence-electron chi connectivity index (χ2n) is 9.45. The van der Waals surface area contributed by atoms with Gasteiger partial charge in [0.25, 0.3) is 0 Å². The van der Waals surface area contributed by atoms with E-state index in [1.165, 1.54) is 43.1 Å². The molecule has 5 rings (SSSR count). The summed E-state index contributed by atoms with van der Waals surface area (Å²) in [5.74, 6) is 7.37. The van der Waals surface area contributed by atoms with E-state index in [1.54, 1.807) is 0 Å². The van der Waals surface area contributed by atoms with Crippen molar-refractivity contribution < 1.29 is 8.98 Å². The van der Waals surface area contributed by atoms with Crippen molar-refractivity contribution >= 4 is 39.6 Å². The Morgan fingerprint density at radius 1 is 0.774 bits per heavy atom. The van der Waals surface area contributed by atoms with Gasteiger partial charge in [0.05, 0.1) is 0 Å². The summed E-state index contributed by atoms with van der Waals surface area (Å²) in [6.07, 6.45) is 2.09. The van der Waals surface area contributed by atoms with Crippen molar-refractivity contribution in [2.75, 3.05) is 0 Å². The molecule has 0 aliphatic carbocycles. The first-order chi connectivity index (χ1) is 14.8. The van der Waals surface area contributed by atoms with E-state index >= 15 is 0 Å². The van der Waals surface area contributed by atoms with Gasteiger partial charge in [-0.1, -0.05) is 0 Å². The quantitative estimate of drug-likeness (QED) is 0.216. The molecule has 0 saturated heterocycles. The summed E-state index contributed by atoms with van der Waals surface area (Å²) < 4.78 is 10.4. The maximum absolute atomic E-state index is 6.73. The molecule has 0 aliphatic heterocycles. The van der Waals surface area contributed by atoms with Gasteiger partial charge in [-0.2, -0.15) is 0 Å². The van der Waals surface area contributed by atoms with Crippen LogP contribution in [0.25, 0.3) is 44.3 Å². The third kappa shape index (κ3) is 3.39. The van der Waals surface area contributed by atoms with E-state index in [2.05, 4.69) is 115 Å². The molecule has 0 fully saturated rings. The molecule has 2 aromatic heterocycles. The van der Waals surface area contributed by atoms with Crippen LogP contribution in [0.5, 0.6) is 0 Å². The van der Waals surface area contributed by atoms with E-state index in [1.807, 2.05) is 0 Å². The summed E-state index contributed by atoms with van der Waals surface area (Å²) in [6.45, 7) is 2.17. The molecule has 5 aromatic rings. The summed E-state index contributed by atoms with van der Waals surface area (Å²) in [6, 6.07) is 26.2. The average molecular weight is 467 g/mol. The number of fused-ring (bicyclic) bond motifs is 3. The summed E-state index contributed by atoms with van der Waals surface area (Å²) in [5.41, 5.74) is 7.95. The van der Waals surface area contributed by atoms with Crippen LogP contribution in [0.3, 0.4) is 0 Å². The van der Waals surface area contributed by atoms with Crippen molar-refractivity contribution in [1.82, 2.24) is 0 Å². The first-order valence-corrected chi connectivity index (χ1v) is 18.2. The van der Waals surface area contributed by atoms with Crippen molar-refractivity contribution in [1.29, 1.82) is 0 Å². The molecule has 0 amide bonds. The fourth-order valence-electron chi connectivity index (χ4n) is 4.41. The topological polar surface area (TPSA) is 17.0 Å². The normalized spacial score (nSPS) is 12.0. The molecule has 0 N–H and O–H groups in total. The Bertz CT molecular complexity index is 1420. The Kier molecular flexibility index (Phi) is 4.78. The molecule has 0 spiro atoms. The first-order valence-electron chi connectivity index (χ1n) is 10.9. The third-order valence-corrected chi connectivity index (χ3v) is 10.5. The molecular formula is C28H28GeNO+. The molecule has 0 bridgehead atoms. The maximum atomic E-state index is 6.73. The van der Waals surface area contributed by atoms with Crippen molar-refractivity contribution in [2.24, 2.45) is 7.05 Å². The van der Waals surface area contributed by atoms with Crippen LogP contribution < -0.4 is 8.96 Å². The summed E-state index contributed by atoms with van der Waals surface area (Å²) in [4.78, 5) is 0. The first kappa shape index (κ1) is 20.1. The summed E-state index contributed by atoms with van der Waals surface area (Å²) >= 11 is -2.07. The van der Waals surface area contributed by atoms with Gasteiger partial charge >= 0.3 is 187 Å². The second-order valence-corrected chi connectivity index (χ2v) is 20.1. The van der Waals surface area contributed by atoms with Crippen LogP contribution in [-0.4, -0.2) is 13.3 Å². The standard InChI is InChI=1S/C28H28GeNO/c1-19-14-15-22-24-18-21(29(2,3)4)17-23(20-11-7-6-8-12-20)27(24)31-28(22)26(19)25-13-9-10-16-30(25)5/h6-18H,1-5H3/q+1. The van der Waals surface area contributed by atoms with E-state index in [4.69, 9.17) is 4.42 Å². The molecule has 0 radical (unpaired) electrons. The van der Waals surface area contributed by atoms with Gasteiger partial charge in [0, 0.05) is 0 Å². The number of pyridine rings is 1. The molecule has 2 nitrogen and oxygen atoms in total. The van der Waals surface area contributed by atoms with E-state index in [0.717, 1.165) is 11.2 Å². The van der Waals surface area contributed by atoms with Gasteiger partial charge in [0.15, 0.2) is 0 Å². The van der Waals surface area contributed by atoms with Crippen LogP contribution in [0.1, 0.15) is 5.56 Å². The molecule has 3 aromatic carbocycles. The molecule has 31 heavy (non-hydrogen) atoms. The molecule has 0 aliphatic rings. The minimum atomic E-state index is -2.07. The third-order valence-electron chi connectivity index (χ3n) is 6.21. The predicted octanol–water partition coefficient (Wildman–Crippen LogP) is 6.60. The van der Waals surface area contributed by atoms with Gasteiger partial charge in [0.2, 0.25) is 0 Å². The zero-order chi connectivity index (χ0) is 21.8. The minimum absolute atomic E-state index is 0.979. The Morgan fingerprint density at radius 2 is 1.52 bits per heavy atom. The van der Waals surface area contributed by atoms with Crippen LogP contribution in [-0.2, 0) is 7.05 Å². The van der Waals surface area contributed by atoms with Gasteiger partial charge in [-0.15, -0.1) is 0 Å².